The summed E-state index contributed by atoms with van der Waals surface area (Å²) in [6.07, 6.45) is 0. The standard InChI is InChI=1S/C49H30N4S/c1-4-14-32(15-5-1)38-21-12-22-40-44-43(54-46(38)40)28-26-39-41-30-37(36-24-23-31-13-10-11-20-35(31)29-36)25-27-42(41)53(45(39)44)49-51-47(33-16-6-2-7-17-33)50-48(52-49)34-18-8-3-9-19-34/h1-30H. The molecule has 11 aromatic rings. The Morgan fingerprint density at radius 1 is 0.407 bits per heavy atom. The van der Waals surface area contributed by atoms with E-state index in [2.05, 4.69) is 150 Å². The lowest BCUT2D eigenvalue weighted by Gasteiger charge is -2.12. The summed E-state index contributed by atoms with van der Waals surface area (Å²) in [5.74, 6) is 1.86. The van der Waals surface area contributed by atoms with Crippen molar-refractivity contribution in [2.24, 2.45) is 0 Å². The molecule has 0 aliphatic heterocycles. The summed E-state index contributed by atoms with van der Waals surface area (Å²) in [7, 11) is 0. The van der Waals surface area contributed by atoms with Gasteiger partial charge in [-0.1, -0.05) is 158 Å². The average molecular weight is 707 g/mol. The maximum absolute atomic E-state index is 5.27. The van der Waals surface area contributed by atoms with Crippen molar-refractivity contribution in [1.29, 1.82) is 0 Å². The van der Waals surface area contributed by atoms with Crippen LogP contribution in [0, 0.1) is 0 Å². The number of benzene rings is 8. The number of fused-ring (bicyclic) bond motifs is 8. The molecule has 0 spiro atoms. The van der Waals surface area contributed by atoms with Crippen LogP contribution in [-0.4, -0.2) is 19.5 Å². The Morgan fingerprint density at radius 3 is 1.76 bits per heavy atom. The van der Waals surface area contributed by atoms with E-state index in [1.54, 1.807) is 0 Å². The van der Waals surface area contributed by atoms with E-state index in [-0.39, 0.29) is 0 Å². The minimum absolute atomic E-state index is 0.590. The molecule has 0 radical (unpaired) electrons. The van der Waals surface area contributed by atoms with Gasteiger partial charge in [0.15, 0.2) is 11.6 Å². The van der Waals surface area contributed by atoms with Crippen molar-refractivity contribution >= 4 is 64.1 Å². The fraction of sp³-hybridized carbons (Fsp3) is 0. The van der Waals surface area contributed by atoms with Crippen molar-refractivity contribution in [3.63, 3.8) is 0 Å². The molecule has 0 unspecified atom stereocenters. The predicted molar refractivity (Wildman–Crippen MR) is 226 cm³/mol. The molecule has 0 fully saturated rings. The second-order valence-electron chi connectivity index (χ2n) is 13.6. The van der Waals surface area contributed by atoms with Gasteiger partial charge in [-0.15, -0.1) is 11.3 Å². The van der Waals surface area contributed by atoms with Crippen LogP contribution in [0.2, 0.25) is 0 Å². The van der Waals surface area contributed by atoms with Gasteiger partial charge in [-0.25, -0.2) is 4.98 Å². The van der Waals surface area contributed by atoms with Gasteiger partial charge in [0.05, 0.1) is 11.0 Å². The summed E-state index contributed by atoms with van der Waals surface area (Å²) in [5.41, 5.74) is 8.82. The van der Waals surface area contributed by atoms with Crippen LogP contribution in [0.25, 0.3) is 104 Å². The molecule has 252 valence electrons. The van der Waals surface area contributed by atoms with Crippen LogP contribution in [0.3, 0.4) is 0 Å². The van der Waals surface area contributed by atoms with Crippen molar-refractivity contribution in [2.75, 3.05) is 0 Å². The van der Waals surface area contributed by atoms with Gasteiger partial charge in [0.2, 0.25) is 5.95 Å². The average Bonchev–Trinajstić information content (AvgIpc) is 3.80. The first-order valence-corrected chi connectivity index (χ1v) is 18.9. The zero-order valence-corrected chi connectivity index (χ0v) is 29.8. The maximum Gasteiger partial charge on any atom is 0.238 e. The molecular weight excluding hydrogens is 677 g/mol. The van der Waals surface area contributed by atoms with E-state index in [4.69, 9.17) is 15.0 Å². The maximum atomic E-state index is 5.27. The van der Waals surface area contributed by atoms with Crippen LogP contribution >= 0.6 is 11.3 Å². The molecule has 0 atom stereocenters. The van der Waals surface area contributed by atoms with Crippen molar-refractivity contribution in [1.82, 2.24) is 19.5 Å². The van der Waals surface area contributed by atoms with E-state index < -0.39 is 0 Å². The molecule has 0 aliphatic rings. The first kappa shape index (κ1) is 30.7. The minimum atomic E-state index is 0.590. The second kappa shape index (κ2) is 12.3. The van der Waals surface area contributed by atoms with E-state index in [1.165, 1.54) is 53.2 Å². The van der Waals surface area contributed by atoms with Gasteiger partial charge in [0.1, 0.15) is 0 Å². The van der Waals surface area contributed by atoms with Crippen LogP contribution in [0.1, 0.15) is 0 Å². The number of aromatic nitrogens is 4. The summed E-state index contributed by atoms with van der Waals surface area (Å²) in [6.45, 7) is 0. The first-order valence-electron chi connectivity index (χ1n) is 18.1. The topological polar surface area (TPSA) is 43.6 Å². The quantitative estimate of drug-likeness (QED) is 0.179. The SMILES string of the molecule is c1ccc(-c2nc(-c3ccccc3)nc(-n3c4ccc(-c5ccc6ccccc6c5)cc4c4ccc5sc6c(-c7ccccc7)cccc6c5c43)n2)cc1. The smallest absolute Gasteiger partial charge is 0.238 e. The van der Waals surface area contributed by atoms with Crippen LogP contribution in [-0.2, 0) is 0 Å². The fourth-order valence-electron chi connectivity index (χ4n) is 7.89. The third-order valence-corrected chi connectivity index (χ3v) is 11.6. The van der Waals surface area contributed by atoms with Gasteiger partial charge in [0, 0.05) is 42.1 Å². The molecule has 0 bridgehead atoms. The molecule has 0 N–H and O–H groups in total. The summed E-state index contributed by atoms with van der Waals surface area (Å²) >= 11 is 1.85. The highest BCUT2D eigenvalue weighted by molar-refractivity contribution is 7.26. The van der Waals surface area contributed by atoms with E-state index in [0.717, 1.165) is 32.9 Å². The second-order valence-corrected chi connectivity index (χ2v) is 14.7. The summed E-state index contributed by atoms with van der Waals surface area (Å²) in [5, 5.41) is 7.20. The predicted octanol–water partition coefficient (Wildman–Crippen LogP) is 13.2. The normalized spacial score (nSPS) is 11.7. The van der Waals surface area contributed by atoms with Gasteiger partial charge in [-0.3, -0.25) is 4.57 Å². The third-order valence-electron chi connectivity index (χ3n) is 10.4. The van der Waals surface area contributed by atoms with Crippen molar-refractivity contribution in [2.45, 2.75) is 0 Å². The Hall–Kier alpha value is -6.95. The van der Waals surface area contributed by atoms with Crippen molar-refractivity contribution < 1.29 is 0 Å². The Morgan fingerprint density at radius 2 is 1.04 bits per heavy atom. The number of nitrogens with zero attached hydrogens (tertiary/aromatic N) is 4. The highest BCUT2D eigenvalue weighted by atomic mass is 32.1. The van der Waals surface area contributed by atoms with Crippen molar-refractivity contribution in [3.05, 3.63) is 182 Å². The van der Waals surface area contributed by atoms with Gasteiger partial charge in [-0.05, 0) is 57.3 Å². The van der Waals surface area contributed by atoms with Gasteiger partial charge < -0.3 is 0 Å². The highest BCUT2D eigenvalue weighted by Gasteiger charge is 2.23. The molecule has 0 saturated heterocycles. The Kier molecular flexibility index (Phi) is 7.00. The number of rotatable bonds is 5. The molecule has 0 aliphatic carbocycles. The molecule has 54 heavy (non-hydrogen) atoms. The number of hydrogen-bond acceptors (Lipinski definition) is 4. The molecule has 8 aromatic carbocycles. The van der Waals surface area contributed by atoms with Gasteiger partial charge in [0.25, 0.3) is 0 Å². The molecule has 5 heteroatoms. The summed E-state index contributed by atoms with van der Waals surface area (Å²) in [6, 6.07) is 64.4. The molecule has 0 saturated carbocycles. The molecule has 11 rings (SSSR count). The lowest BCUT2D eigenvalue weighted by molar-refractivity contribution is 0.955. The number of hydrogen-bond donors (Lipinski definition) is 0. The lowest BCUT2D eigenvalue weighted by atomic mass is 9.99. The highest BCUT2D eigenvalue weighted by Crippen LogP contribution is 2.46. The van der Waals surface area contributed by atoms with Crippen molar-refractivity contribution in [3.8, 4) is 51.0 Å². The van der Waals surface area contributed by atoms with Crippen LogP contribution in [0.4, 0.5) is 0 Å². The Labute approximate surface area is 315 Å². The number of thiophene rings is 1. The van der Waals surface area contributed by atoms with Crippen LogP contribution in [0.5, 0.6) is 0 Å². The van der Waals surface area contributed by atoms with E-state index in [9.17, 15) is 0 Å². The van der Waals surface area contributed by atoms with E-state index in [0.29, 0.717) is 17.6 Å². The molecular formula is C49H30N4S. The lowest BCUT2D eigenvalue weighted by Crippen LogP contribution is -2.06. The van der Waals surface area contributed by atoms with E-state index in [1.807, 2.05) is 47.7 Å². The zero-order valence-electron chi connectivity index (χ0n) is 29.0. The summed E-state index contributed by atoms with van der Waals surface area (Å²) < 4.78 is 4.77. The zero-order chi connectivity index (χ0) is 35.6. The van der Waals surface area contributed by atoms with Crippen LogP contribution in [0.15, 0.2) is 182 Å². The van der Waals surface area contributed by atoms with Gasteiger partial charge >= 0.3 is 0 Å². The molecule has 0 amide bonds. The Balaban J connectivity index is 1.25. The van der Waals surface area contributed by atoms with Gasteiger partial charge in [-0.2, -0.15) is 9.97 Å². The first-order chi connectivity index (χ1) is 26.8. The largest absolute Gasteiger partial charge is 0.277 e. The van der Waals surface area contributed by atoms with Crippen LogP contribution < -0.4 is 0 Å². The molecule has 3 heterocycles. The minimum Gasteiger partial charge on any atom is -0.277 e. The molecule has 3 aromatic heterocycles. The summed E-state index contributed by atoms with van der Waals surface area (Å²) in [4.78, 5) is 15.6. The fourth-order valence-corrected chi connectivity index (χ4v) is 9.13. The molecule has 4 nitrogen and oxygen atoms in total. The Bertz CT molecular complexity index is 3140. The third kappa shape index (κ3) is 4.94. The monoisotopic (exact) mass is 706 g/mol. The van der Waals surface area contributed by atoms with E-state index >= 15 is 0 Å².